The lowest BCUT2D eigenvalue weighted by Gasteiger charge is -2.26. The highest BCUT2D eigenvalue weighted by atomic mass is 15.1. The van der Waals surface area contributed by atoms with Crippen LogP contribution in [0.25, 0.3) is 0 Å². The van der Waals surface area contributed by atoms with Crippen LogP contribution in [-0.2, 0) is 0 Å². The Hall–Kier alpha value is -1.53. The molecule has 0 N–H and O–H groups in total. The Bertz CT molecular complexity index is 405. The summed E-state index contributed by atoms with van der Waals surface area (Å²) in [5.41, 5.74) is 1.83. The molecule has 0 amide bonds. The number of rotatable bonds is 8. The molecule has 0 aromatic heterocycles. The van der Waals surface area contributed by atoms with Crippen molar-refractivity contribution in [2.24, 2.45) is 0 Å². The van der Waals surface area contributed by atoms with Crippen molar-refractivity contribution >= 4 is 5.69 Å². The van der Waals surface area contributed by atoms with E-state index in [1.54, 1.807) is 0 Å². The smallest absolute Gasteiger partial charge is 0.101 e. The van der Waals surface area contributed by atoms with Gasteiger partial charge in [0.1, 0.15) is 6.07 Å². The lowest BCUT2D eigenvalue weighted by Crippen LogP contribution is -2.30. The zero-order valence-corrected chi connectivity index (χ0v) is 12.4. The van der Waals surface area contributed by atoms with Crippen molar-refractivity contribution in [3.05, 3.63) is 29.8 Å². The summed E-state index contributed by atoms with van der Waals surface area (Å²) < 4.78 is 0. The van der Waals surface area contributed by atoms with Crippen molar-refractivity contribution in [1.29, 1.82) is 5.26 Å². The van der Waals surface area contributed by atoms with Gasteiger partial charge >= 0.3 is 0 Å². The summed E-state index contributed by atoms with van der Waals surface area (Å²) in [4.78, 5) is 4.73. The van der Waals surface area contributed by atoms with E-state index in [9.17, 15) is 0 Å². The van der Waals surface area contributed by atoms with Crippen LogP contribution >= 0.6 is 0 Å². The molecule has 0 unspecified atom stereocenters. The highest BCUT2D eigenvalue weighted by Gasteiger charge is 2.09. The maximum Gasteiger partial charge on any atom is 0.101 e. The molecule has 0 saturated heterocycles. The summed E-state index contributed by atoms with van der Waals surface area (Å²) in [6.45, 7) is 11.8. The Balaban J connectivity index is 2.61. The van der Waals surface area contributed by atoms with Gasteiger partial charge in [-0.3, -0.25) is 0 Å². The Morgan fingerprint density at radius 3 is 2.26 bits per heavy atom. The monoisotopic (exact) mass is 259 g/mol. The molecule has 1 rings (SSSR count). The Morgan fingerprint density at radius 1 is 1.00 bits per heavy atom. The Kier molecular flexibility index (Phi) is 6.99. The molecule has 3 heteroatoms. The summed E-state index contributed by atoms with van der Waals surface area (Å²) in [5.74, 6) is 0. The third kappa shape index (κ3) is 4.57. The van der Waals surface area contributed by atoms with Crippen molar-refractivity contribution in [3.63, 3.8) is 0 Å². The van der Waals surface area contributed by atoms with E-state index in [4.69, 9.17) is 5.26 Å². The molecule has 0 bridgehead atoms. The fourth-order valence-corrected chi connectivity index (χ4v) is 2.32. The van der Waals surface area contributed by atoms with Crippen LogP contribution in [0, 0.1) is 11.3 Å². The van der Waals surface area contributed by atoms with Gasteiger partial charge in [-0.25, -0.2) is 0 Å². The minimum Gasteiger partial charge on any atom is -0.371 e. The number of para-hydroxylation sites is 1. The summed E-state index contributed by atoms with van der Waals surface area (Å²) in [6, 6.07) is 10.1. The average molecular weight is 259 g/mol. The first-order valence-corrected chi connectivity index (χ1v) is 7.23. The summed E-state index contributed by atoms with van der Waals surface area (Å²) >= 11 is 0. The first-order chi connectivity index (χ1) is 9.26. The van der Waals surface area contributed by atoms with Crippen molar-refractivity contribution in [1.82, 2.24) is 4.90 Å². The molecule has 0 aliphatic heterocycles. The van der Waals surface area contributed by atoms with Crippen LogP contribution in [0.3, 0.4) is 0 Å². The molecule has 0 aliphatic rings. The van der Waals surface area contributed by atoms with Crippen LogP contribution in [0.5, 0.6) is 0 Å². The van der Waals surface area contributed by atoms with E-state index in [1.165, 1.54) is 0 Å². The van der Waals surface area contributed by atoms with Gasteiger partial charge in [0.2, 0.25) is 0 Å². The van der Waals surface area contributed by atoms with E-state index >= 15 is 0 Å². The summed E-state index contributed by atoms with van der Waals surface area (Å²) in [6.07, 6.45) is 1.13. The molecular formula is C16H25N3. The van der Waals surface area contributed by atoms with Gasteiger partial charge < -0.3 is 9.80 Å². The first-order valence-electron chi connectivity index (χ1n) is 7.23. The molecule has 0 atom stereocenters. The topological polar surface area (TPSA) is 30.3 Å². The highest BCUT2D eigenvalue weighted by molar-refractivity contribution is 5.59. The third-order valence-corrected chi connectivity index (χ3v) is 3.54. The maximum absolute atomic E-state index is 9.17. The second-order valence-electron chi connectivity index (χ2n) is 4.59. The minimum atomic E-state index is 0.771. The molecule has 0 fully saturated rings. The Morgan fingerprint density at radius 2 is 1.68 bits per heavy atom. The predicted molar refractivity (Wildman–Crippen MR) is 81.4 cm³/mol. The minimum absolute atomic E-state index is 0.771. The molecule has 0 aliphatic carbocycles. The van der Waals surface area contributed by atoms with Crippen LogP contribution in [0.4, 0.5) is 5.69 Å². The van der Waals surface area contributed by atoms with Gasteiger partial charge in [-0.15, -0.1) is 0 Å². The van der Waals surface area contributed by atoms with Crippen molar-refractivity contribution in [3.8, 4) is 6.07 Å². The summed E-state index contributed by atoms with van der Waals surface area (Å²) in [7, 11) is 0. The number of anilines is 1. The molecule has 0 spiro atoms. The van der Waals surface area contributed by atoms with Crippen molar-refractivity contribution < 1.29 is 0 Å². The average Bonchev–Trinajstić information content (AvgIpc) is 2.48. The molecule has 0 saturated carbocycles. The van der Waals surface area contributed by atoms with Crippen LogP contribution in [0.2, 0.25) is 0 Å². The fraction of sp³-hybridized carbons (Fsp3) is 0.562. The molecule has 104 valence electrons. The van der Waals surface area contributed by atoms with E-state index in [2.05, 4.69) is 36.6 Å². The molecule has 3 nitrogen and oxygen atoms in total. The number of nitriles is 1. The van der Waals surface area contributed by atoms with Crippen molar-refractivity contribution in [2.75, 3.05) is 37.6 Å². The van der Waals surface area contributed by atoms with Gasteiger partial charge in [0.25, 0.3) is 0 Å². The zero-order chi connectivity index (χ0) is 14.1. The quantitative estimate of drug-likeness (QED) is 0.718. The lowest BCUT2D eigenvalue weighted by atomic mass is 10.1. The van der Waals surface area contributed by atoms with Gasteiger partial charge in [-0.1, -0.05) is 26.0 Å². The largest absolute Gasteiger partial charge is 0.371 e. The standard InChI is InChI=1S/C16H25N3/c1-4-18(5-2)12-9-13-19(6-3)16-11-8-7-10-15(16)14-17/h7-8,10-11H,4-6,9,12-13H2,1-3H3. The maximum atomic E-state index is 9.17. The number of benzene rings is 1. The molecule has 19 heavy (non-hydrogen) atoms. The summed E-state index contributed by atoms with van der Waals surface area (Å²) in [5, 5.41) is 9.17. The molecule has 1 aromatic rings. The van der Waals surface area contributed by atoms with Crippen LogP contribution in [-0.4, -0.2) is 37.6 Å². The van der Waals surface area contributed by atoms with Gasteiger partial charge in [-0.2, -0.15) is 5.26 Å². The third-order valence-electron chi connectivity index (χ3n) is 3.54. The first kappa shape index (κ1) is 15.5. The molecule has 1 aromatic carbocycles. The second-order valence-corrected chi connectivity index (χ2v) is 4.59. The van der Waals surface area contributed by atoms with Gasteiger partial charge in [0.05, 0.1) is 11.3 Å². The highest BCUT2D eigenvalue weighted by Crippen LogP contribution is 2.19. The molecular weight excluding hydrogens is 234 g/mol. The van der Waals surface area contributed by atoms with Gasteiger partial charge in [-0.05, 0) is 45.1 Å². The molecule has 0 radical (unpaired) electrons. The predicted octanol–water partition coefficient (Wildman–Crippen LogP) is 3.12. The van der Waals surface area contributed by atoms with E-state index in [0.717, 1.165) is 50.4 Å². The zero-order valence-electron chi connectivity index (χ0n) is 12.4. The fourth-order valence-electron chi connectivity index (χ4n) is 2.32. The van der Waals surface area contributed by atoms with Crippen LogP contribution in [0.1, 0.15) is 32.8 Å². The lowest BCUT2D eigenvalue weighted by molar-refractivity contribution is 0.301. The molecule has 0 heterocycles. The van der Waals surface area contributed by atoms with E-state index in [0.29, 0.717) is 0 Å². The Labute approximate surface area is 117 Å². The van der Waals surface area contributed by atoms with Gasteiger partial charge in [0.15, 0.2) is 0 Å². The number of nitrogens with zero attached hydrogens (tertiary/aromatic N) is 3. The van der Waals surface area contributed by atoms with E-state index in [1.807, 2.05) is 24.3 Å². The van der Waals surface area contributed by atoms with Crippen LogP contribution in [0.15, 0.2) is 24.3 Å². The van der Waals surface area contributed by atoms with E-state index < -0.39 is 0 Å². The normalized spacial score (nSPS) is 10.5. The van der Waals surface area contributed by atoms with Crippen molar-refractivity contribution in [2.45, 2.75) is 27.2 Å². The van der Waals surface area contributed by atoms with Crippen LogP contribution < -0.4 is 4.90 Å². The number of hydrogen-bond acceptors (Lipinski definition) is 3. The van der Waals surface area contributed by atoms with Gasteiger partial charge in [0, 0.05) is 13.1 Å². The number of hydrogen-bond donors (Lipinski definition) is 0. The second kappa shape index (κ2) is 8.55. The SMILES string of the molecule is CCN(CC)CCCN(CC)c1ccccc1C#N. The van der Waals surface area contributed by atoms with E-state index in [-0.39, 0.29) is 0 Å².